The van der Waals surface area contributed by atoms with Gasteiger partial charge in [0.1, 0.15) is 11.6 Å². The number of methoxy groups -OCH3 is 1. The van der Waals surface area contributed by atoms with Gasteiger partial charge in [-0.2, -0.15) is 9.97 Å². The van der Waals surface area contributed by atoms with Crippen LogP contribution in [0.4, 0.5) is 10.2 Å². The number of nitrogens with one attached hydrogen (secondary N) is 1. The van der Waals surface area contributed by atoms with Gasteiger partial charge in [-0.05, 0) is 67.3 Å². The molecule has 0 unspecified atom stereocenters. The summed E-state index contributed by atoms with van der Waals surface area (Å²) in [6.45, 7) is 3.86. The summed E-state index contributed by atoms with van der Waals surface area (Å²) in [5.41, 5.74) is 1.02. The van der Waals surface area contributed by atoms with Gasteiger partial charge in [0.15, 0.2) is 0 Å². The van der Waals surface area contributed by atoms with E-state index in [0.29, 0.717) is 40.1 Å². The molecule has 0 fully saturated rings. The minimum absolute atomic E-state index is 0.0759. The second-order valence-electron chi connectivity index (χ2n) is 7.63. The summed E-state index contributed by atoms with van der Waals surface area (Å²) in [6, 6.07) is 11.4. The number of ether oxygens (including phenoxy) is 1. The zero-order valence-electron chi connectivity index (χ0n) is 17.7. The zero-order valence-corrected chi connectivity index (χ0v) is 19.9. The molecule has 3 rings (SSSR count). The number of hydrogen-bond donors (Lipinski definition) is 1. The Balaban J connectivity index is 1.89. The summed E-state index contributed by atoms with van der Waals surface area (Å²) in [5, 5.41) is 3.79. The molecule has 0 aliphatic carbocycles. The van der Waals surface area contributed by atoms with E-state index in [1.165, 1.54) is 19.2 Å². The molecule has 1 aromatic heterocycles. The summed E-state index contributed by atoms with van der Waals surface area (Å²) in [5.74, 6) is -0.0411. The van der Waals surface area contributed by atoms with Gasteiger partial charge in [-0.25, -0.2) is 4.39 Å². The van der Waals surface area contributed by atoms with Crippen molar-refractivity contribution in [2.24, 2.45) is 0 Å². The third kappa shape index (κ3) is 5.49. The van der Waals surface area contributed by atoms with E-state index >= 15 is 0 Å². The van der Waals surface area contributed by atoms with Crippen molar-refractivity contribution < 1.29 is 13.9 Å². The van der Waals surface area contributed by atoms with Gasteiger partial charge >= 0.3 is 6.01 Å². The highest BCUT2D eigenvalue weighted by Crippen LogP contribution is 2.32. The topological polar surface area (TPSA) is 64.1 Å². The second-order valence-corrected chi connectivity index (χ2v) is 8.82. The fourth-order valence-electron chi connectivity index (χ4n) is 3.02. The van der Waals surface area contributed by atoms with E-state index in [4.69, 9.17) is 39.5 Å². The fraction of sp³-hybridized carbons (Fsp3) is 0.261. The van der Waals surface area contributed by atoms with Crippen molar-refractivity contribution >= 4 is 45.9 Å². The Bertz CT molecular complexity index is 1160. The number of hydrogen-bond acceptors (Lipinski definition) is 5. The monoisotopic (exact) mass is 495 g/mol. The number of halogens is 4. The molecule has 0 saturated heterocycles. The molecule has 0 spiro atoms. The fourth-order valence-corrected chi connectivity index (χ4v) is 3.63. The normalized spacial score (nSPS) is 11.3. The summed E-state index contributed by atoms with van der Waals surface area (Å²) in [6.07, 6.45) is 0.619. The Morgan fingerprint density at radius 2 is 1.88 bits per heavy atom. The number of aromatic nitrogens is 2. The molecule has 1 N–H and O–H groups in total. The Labute approximate surface area is 200 Å². The number of nitrogens with zero attached hydrogens (tertiary/aromatic N) is 2. The molecule has 9 heteroatoms. The molecule has 32 heavy (non-hydrogen) atoms. The number of rotatable bonds is 8. The molecule has 3 aromatic rings. The molecule has 0 saturated carbocycles. The molecule has 0 bridgehead atoms. The van der Waals surface area contributed by atoms with Crippen LogP contribution in [0.25, 0.3) is 11.3 Å². The highest BCUT2D eigenvalue weighted by molar-refractivity contribution is 6.65. The van der Waals surface area contributed by atoms with E-state index < -0.39 is 16.5 Å². The molecule has 168 valence electrons. The molecule has 0 aliphatic rings. The van der Waals surface area contributed by atoms with E-state index in [1.54, 1.807) is 38.1 Å². The van der Waals surface area contributed by atoms with Crippen molar-refractivity contribution in [3.63, 3.8) is 0 Å². The molecule has 0 aliphatic heterocycles. The zero-order chi connectivity index (χ0) is 23.5. The van der Waals surface area contributed by atoms with Crippen LogP contribution in [0.3, 0.4) is 0 Å². The first-order valence-electron chi connectivity index (χ1n) is 9.73. The lowest BCUT2D eigenvalue weighted by Gasteiger charge is -2.21. The van der Waals surface area contributed by atoms with Gasteiger partial charge in [0.2, 0.25) is 5.24 Å². The Morgan fingerprint density at radius 1 is 1.12 bits per heavy atom. The highest BCUT2D eigenvalue weighted by atomic mass is 35.5. The number of benzene rings is 2. The molecular weight excluding hydrogens is 476 g/mol. The Morgan fingerprint density at radius 3 is 2.53 bits per heavy atom. The molecular formula is C23H21Cl3FN3O2. The first-order chi connectivity index (χ1) is 15.1. The van der Waals surface area contributed by atoms with Crippen LogP contribution in [-0.4, -0.2) is 28.9 Å². The standard InChI is InChI=1S/C23H21Cl3FN3O2/c1-23(2,21(26)31)14-5-7-18(27)16(10-14)19-12-20(30-22(29-19)32-3)28-9-8-13-4-6-15(24)11-17(13)25/h4-7,10-12H,8-9H2,1-3H3,(H,28,29,30). The molecule has 0 amide bonds. The Kier molecular flexibility index (Phi) is 7.59. The maximum absolute atomic E-state index is 14.7. The minimum atomic E-state index is -0.986. The van der Waals surface area contributed by atoms with Crippen LogP contribution < -0.4 is 10.1 Å². The second kappa shape index (κ2) is 10.0. The maximum atomic E-state index is 14.7. The maximum Gasteiger partial charge on any atom is 0.318 e. The Hall–Kier alpha value is -2.41. The minimum Gasteiger partial charge on any atom is -0.467 e. The SMILES string of the molecule is COc1nc(NCCc2ccc(Cl)cc2Cl)cc(-c2cc(C(C)(C)C(=O)Cl)ccc2F)n1. The smallest absolute Gasteiger partial charge is 0.318 e. The van der Waals surface area contributed by atoms with Crippen molar-refractivity contribution in [3.8, 4) is 17.3 Å². The molecule has 0 radical (unpaired) electrons. The third-order valence-electron chi connectivity index (χ3n) is 5.06. The highest BCUT2D eigenvalue weighted by Gasteiger charge is 2.29. The van der Waals surface area contributed by atoms with Gasteiger partial charge in [0, 0.05) is 28.2 Å². The molecule has 5 nitrogen and oxygen atoms in total. The number of carbonyl (C=O) groups excluding carboxylic acids is 1. The van der Waals surface area contributed by atoms with E-state index in [1.807, 2.05) is 6.07 Å². The first-order valence-corrected chi connectivity index (χ1v) is 10.9. The van der Waals surface area contributed by atoms with Gasteiger partial charge in [-0.3, -0.25) is 4.79 Å². The van der Waals surface area contributed by atoms with Crippen molar-refractivity contribution in [1.82, 2.24) is 9.97 Å². The summed E-state index contributed by atoms with van der Waals surface area (Å²) < 4.78 is 19.9. The van der Waals surface area contributed by atoms with E-state index in [2.05, 4.69) is 15.3 Å². The number of carbonyl (C=O) groups is 1. The van der Waals surface area contributed by atoms with Gasteiger partial charge in [0.25, 0.3) is 0 Å². The average molecular weight is 497 g/mol. The van der Waals surface area contributed by atoms with Crippen LogP contribution in [0.15, 0.2) is 42.5 Å². The van der Waals surface area contributed by atoms with Gasteiger partial charge in [0.05, 0.1) is 18.2 Å². The van der Waals surface area contributed by atoms with Crippen molar-refractivity contribution in [1.29, 1.82) is 0 Å². The van der Waals surface area contributed by atoms with Gasteiger partial charge in [-0.1, -0.05) is 35.3 Å². The lowest BCUT2D eigenvalue weighted by Crippen LogP contribution is -2.24. The molecule has 1 heterocycles. The summed E-state index contributed by atoms with van der Waals surface area (Å²) in [4.78, 5) is 20.4. The lowest BCUT2D eigenvalue weighted by atomic mass is 9.85. The van der Waals surface area contributed by atoms with E-state index in [9.17, 15) is 9.18 Å². The first kappa shape index (κ1) is 24.2. The summed E-state index contributed by atoms with van der Waals surface area (Å²) in [7, 11) is 1.43. The quantitative estimate of drug-likeness (QED) is 0.371. The average Bonchev–Trinajstić information content (AvgIpc) is 2.75. The van der Waals surface area contributed by atoms with Crippen LogP contribution in [0, 0.1) is 5.82 Å². The van der Waals surface area contributed by atoms with Crippen molar-refractivity contribution in [2.45, 2.75) is 25.7 Å². The van der Waals surface area contributed by atoms with Crippen LogP contribution >= 0.6 is 34.8 Å². The summed E-state index contributed by atoms with van der Waals surface area (Å²) >= 11 is 17.9. The van der Waals surface area contributed by atoms with Crippen molar-refractivity contribution in [2.75, 3.05) is 19.0 Å². The van der Waals surface area contributed by atoms with Crippen LogP contribution in [0.2, 0.25) is 10.0 Å². The largest absolute Gasteiger partial charge is 0.467 e. The van der Waals surface area contributed by atoms with Crippen LogP contribution in [0.5, 0.6) is 6.01 Å². The van der Waals surface area contributed by atoms with Gasteiger partial charge in [-0.15, -0.1) is 0 Å². The predicted octanol–water partition coefficient (Wildman–Crippen LogP) is 6.30. The predicted molar refractivity (Wildman–Crippen MR) is 127 cm³/mol. The molecule has 2 aromatic carbocycles. The van der Waals surface area contributed by atoms with E-state index in [0.717, 1.165) is 5.56 Å². The number of anilines is 1. The van der Waals surface area contributed by atoms with Crippen LogP contribution in [0.1, 0.15) is 25.0 Å². The molecule has 0 atom stereocenters. The lowest BCUT2D eigenvalue weighted by molar-refractivity contribution is -0.115. The third-order valence-corrected chi connectivity index (χ3v) is 6.12. The van der Waals surface area contributed by atoms with Crippen molar-refractivity contribution in [3.05, 3.63) is 69.5 Å². The van der Waals surface area contributed by atoms with Gasteiger partial charge < -0.3 is 10.1 Å². The van der Waals surface area contributed by atoms with E-state index in [-0.39, 0.29) is 11.6 Å². The van der Waals surface area contributed by atoms with Crippen LogP contribution in [-0.2, 0) is 16.6 Å².